The number of hydrogen-bond acceptors (Lipinski definition) is 0. The van der Waals surface area contributed by atoms with Crippen molar-refractivity contribution in [2.24, 2.45) is 0 Å². The van der Waals surface area contributed by atoms with E-state index in [1.54, 1.807) is 0 Å². The van der Waals surface area contributed by atoms with Crippen molar-refractivity contribution in [3.63, 3.8) is 0 Å². The normalized spacial score (nSPS) is 10.9. The molecule has 0 bridgehead atoms. The predicted octanol–water partition coefficient (Wildman–Crippen LogP) is 2.16. The highest BCUT2D eigenvalue weighted by atomic mass is 28.3. The van der Waals surface area contributed by atoms with E-state index in [0.29, 0.717) is 11.1 Å². The molecule has 0 saturated carbocycles. The molecule has 0 rings (SSSR count). The highest BCUT2D eigenvalue weighted by molar-refractivity contribution is 6.69. The van der Waals surface area contributed by atoms with Crippen LogP contribution in [0.25, 0.3) is 0 Å². The molecule has 1 radical (unpaired) electrons. The molecule has 0 unspecified atom stereocenters. The third-order valence-corrected chi connectivity index (χ3v) is 4.81. The van der Waals surface area contributed by atoms with Crippen LogP contribution in [-0.4, -0.2) is 8.80 Å². The lowest BCUT2D eigenvalue weighted by Gasteiger charge is -2.15. The molecule has 0 aliphatic carbocycles. The summed E-state index contributed by atoms with van der Waals surface area (Å²) in [6.07, 6.45) is 7.03. The van der Waals surface area contributed by atoms with Gasteiger partial charge in [0.1, 0.15) is 8.80 Å². The van der Waals surface area contributed by atoms with E-state index < -0.39 is 8.80 Å². The maximum absolute atomic E-state index is 7.03. The molecule has 0 aromatic carbocycles. The van der Waals surface area contributed by atoms with Crippen LogP contribution in [0.15, 0.2) is 0 Å². The van der Waals surface area contributed by atoms with E-state index in [-0.39, 0.29) is 0 Å². The lowest BCUT2D eigenvalue weighted by Crippen LogP contribution is -2.18. The van der Waals surface area contributed by atoms with Gasteiger partial charge in [0.15, 0.2) is 0 Å². The molecule has 0 spiro atoms. The van der Waals surface area contributed by atoms with Gasteiger partial charge in [0.25, 0.3) is 0 Å². The van der Waals surface area contributed by atoms with Crippen LogP contribution in [-0.2, 0) is 0 Å². The van der Waals surface area contributed by atoms with Crippen LogP contribution in [0, 0.1) is 12.0 Å². The van der Waals surface area contributed by atoms with Crippen LogP contribution < -0.4 is 0 Å². The summed E-state index contributed by atoms with van der Waals surface area (Å²) in [4.78, 5) is 0. The molecule has 0 nitrogen and oxygen atoms in total. The van der Waals surface area contributed by atoms with Gasteiger partial charge in [-0.15, -0.1) is 5.54 Å². The van der Waals surface area contributed by atoms with Crippen molar-refractivity contribution in [2.45, 2.75) is 38.8 Å². The number of rotatable bonds is 2. The van der Waals surface area contributed by atoms with Crippen molar-refractivity contribution in [1.29, 1.82) is 0 Å². The third-order valence-electron chi connectivity index (χ3n) is 1.60. The van der Waals surface area contributed by atoms with Gasteiger partial charge in [0.05, 0.1) is 0 Å². The Morgan fingerprint density at radius 2 is 1.44 bits per heavy atom. The molecule has 0 amide bonds. The van der Waals surface area contributed by atoms with Gasteiger partial charge in [-0.1, -0.05) is 27.7 Å². The zero-order chi connectivity index (χ0) is 7.44. The van der Waals surface area contributed by atoms with E-state index in [9.17, 15) is 0 Å². The molecule has 9 heavy (non-hydrogen) atoms. The summed E-state index contributed by atoms with van der Waals surface area (Å²) >= 11 is 0. The van der Waals surface area contributed by atoms with Gasteiger partial charge in [-0.25, -0.2) is 0 Å². The largest absolute Gasteiger partial charge is 0.129 e. The first-order valence-corrected chi connectivity index (χ1v) is 5.43. The van der Waals surface area contributed by atoms with Gasteiger partial charge in [-0.3, -0.25) is 0 Å². The summed E-state index contributed by atoms with van der Waals surface area (Å²) in [5, 5.41) is 0. The van der Waals surface area contributed by atoms with Gasteiger partial charge < -0.3 is 0 Å². The molecule has 0 aliphatic rings. The zero-order valence-corrected chi connectivity index (χ0v) is 7.89. The molecule has 0 aromatic rings. The van der Waals surface area contributed by atoms with Crippen molar-refractivity contribution in [1.82, 2.24) is 0 Å². The molecule has 0 heterocycles. The van der Waals surface area contributed by atoms with Gasteiger partial charge in [-0.2, -0.15) is 0 Å². The summed E-state index contributed by atoms with van der Waals surface area (Å²) in [6, 6.07) is 0. The van der Waals surface area contributed by atoms with Crippen LogP contribution in [0.5, 0.6) is 0 Å². The maximum atomic E-state index is 7.03. The molecule has 0 atom stereocenters. The van der Waals surface area contributed by atoms with Gasteiger partial charge in [0.2, 0.25) is 0 Å². The van der Waals surface area contributed by atoms with E-state index in [4.69, 9.17) is 6.42 Å². The van der Waals surface area contributed by atoms with E-state index in [1.807, 2.05) is 0 Å². The Morgan fingerprint density at radius 1 is 1.11 bits per heavy atom. The fourth-order valence-electron chi connectivity index (χ4n) is 1.10. The average Bonchev–Trinajstić information content (AvgIpc) is 1.64. The van der Waals surface area contributed by atoms with E-state index in [2.05, 4.69) is 33.2 Å². The van der Waals surface area contributed by atoms with Crippen LogP contribution >= 0.6 is 0 Å². The molecule has 0 aliphatic heterocycles. The summed E-state index contributed by atoms with van der Waals surface area (Å²) < 4.78 is 0. The molecule has 0 aromatic heterocycles. The lowest BCUT2D eigenvalue weighted by molar-refractivity contribution is 0.954. The maximum Gasteiger partial charge on any atom is 0.129 e. The molecular formula is C8H15Si. The first kappa shape index (κ1) is 8.78. The standard InChI is InChI=1S/C8H15Si/c1-6-9(7(2)3)8(4)5/h7-9H,2-5H3. The van der Waals surface area contributed by atoms with Gasteiger partial charge in [0, 0.05) is 0 Å². The molecule has 1 heteroatoms. The predicted molar refractivity (Wildman–Crippen MR) is 44.5 cm³/mol. The number of hydrogen-bond donors (Lipinski definition) is 0. The molecule has 0 saturated heterocycles. The molecular weight excluding hydrogens is 124 g/mol. The summed E-state index contributed by atoms with van der Waals surface area (Å²) in [5.41, 5.74) is 4.08. The van der Waals surface area contributed by atoms with E-state index >= 15 is 0 Å². The van der Waals surface area contributed by atoms with Gasteiger partial charge >= 0.3 is 0 Å². The van der Waals surface area contributed by atoms with Crippen LogP contribution in [0.4, 0.5) is 0 Å². The van der Waals surface area contributed by atoms with Crippen molar-refractivity contribution < 1.29 is 0 Å². The third kappa shape index (κ3) is 2.72. The smallest absolute Gasteiger partial charge is 0.121 e. The topological polar surface area (TPSA) is 0 Å². The van der Waals surface area contributed by atoms with Crippen LogP contribution in [0.3, 0.4) is 0 Å². The second-order valence-electron chi connectivity index (χ2n) is 3.16. The minimum atomic E-state index is -0.943. The summed E-state index contributed by atoms with van der Waals surface area (Å²) in [7, 11) is -0.943. The lowest BCUT2D eigenvalue weighted by atomic mass is 10.5. The van der Waals surface area contributed by atoms with E-state index in [1.165, 1.54) is 0 Å². The fourth-order valence-corrected chi connectivity index (χ4v) is 3.31. The quantitative estimate of drug-likeness (QED) is 0.406. The van der Waals surface area contributed by atoms with E-state index in [0.717, 1.165) is 0 Å². The Labute approximate surface area is 60.3 Å². The summed E-state index contributed by atoms with van der Waals surface area (Å²) in [6.45, 7) is 8.77. The van der Waals surface area contributed by atoms with Crippen molar-refractivity contribution >= 4 is 8.80 Å². The Bertz CT molecular complexity index is 100. The second kappa shape index (κ2) is 3.74. The molecule has 0 fully saturated rings. The highest BCUT2D eigenvalue weighted by Crippen LogP contribution is 2.18. The second-order valence-corrected chi connectivity index (χ2v) is 7.17. The van der Waals surface area contributed by atoms with Crippen LogP contribution in [0.2, 0.25) is 11.1 Å². The Hall–Kier alpha value is -0.223. The molecule has 51 valence electrons. The van der Waals surface area contributed by atoms with Crippen LogP contribution in [0.1, 0.15) is 27.7 Å². The molecule has 0 N–H and O–H groups in total. The average molecular weight is 139 g/mol. The Balaban J connectivity index is 3.87. The van der Waals surface area contributed by atoms with Crippen molar-refractivity contribution in [3.8, 4) is 5.54 Å². The highest BCUT2D eigenvalue weighted by Gasteiger charge is 2.15. The fraction of sp³-hybridized carbons (Fsp3) is 0.750. The minimum absolute atomic E-state index is 0.697. The summed E-state index contributed by atoms with van der Waals surface area (Å²) in [5.74, 6) is 0. The zero-order valence-electron chi connectivity index (χ0n) is 6.73. The first-order chi connectivity index (χ1) is 4.09. The van der Waals surface area contributed by atoms with Gasteiger partial charge in [-0.05, 0) is 17.5 Å². The Morgan fingerprint density at radius 3 is 1.44 bits per heavy atom. The first-order valence-electron chi connectivity index (χ1n) is 3.51. The minimum Gasteiger partial charge on any atom is -0.121 e. The van der Waals surface area contributed by atoms with Crippen molar-refractivity contribution in [3.05, 3.63) is 6.42 Å². The SMILES string of the molecule is [C]#C[SiH](C(C)C)C(C)C. The van der Waals surface area contributed by atoms with Crippen molar-refractivity contribution in [2.75, 3.05) is 0 Å². The monoisotopic (exact) mass is 139 g/mol. The Kier molecular flexibility index (Phi) is 3.64.